The Bertz CT molecular complexity index is 700. The van der Waals surface area contributed by atoms with Gasteiger partial charge in [-0.25, -0.2) is 4.98 Å². The molecule has 1 aromatic heterocycles. The van der Waals surface area contributed by atoms with Gasteiger partial charge in [0.1, 0.15) is 0 Å². The molecule has 3 aromatic rings. The Balaban J connectivity index is 1.93. The maximum absolute atomic E-state index is 5.70. The number of H-pyrrole nitrogens is 1. The molecule has 0 fully saturated rings. The molecule has 3 rings (SSSR count). The highest BCUT2D eigenvalue weighted by atomic mass is 32.2. The first kappa shape index (κ1) is 13.2. The number of nitrogens with two attached hydrogens (primary N) is 1. The summed E-state index contributed by atoms with van der Waals surface area (Å²) in [6, 6.07) is 14.6. The van der Waals surface area contributed by atoms with Crippen molar-refractivity contribution in [2.45, 2.75) is 23.4 Å². The zero-order valence-electron chi connectivity index (χ0n) is 11.4. The Hall–Kier alpha value is -1.78. The first-order chi connectivity index (χ1) is 9.76. The highest BCUT2D eigenvalue weighted by Gasteiger charge is 2.08. The number of rotatable bonds is 4. The van der Waals surface area contributed by atoms with Gasteiger partial charge in [0.25, 0.3) is 0 Å². The van der Waals surface area contributed by atoms with Gasteiger partial charge in [0.15, 0.2) is 5.16 Å². The maximum atomic E-state index is 5.70. The average molecular weight is 283 g/mol. The summed E-state index contributed by atoms with van der Waals surface area (Å²) in [4.78, 5) is 9.18. The molecule has 0 aliphatic heterocycles. The molecule has 0 aliphatic carbocycles. The predicted octanol–water partition coefficient (Wildman–Crippen LogP) is 3.52. The van der Waals surface area contributed by atoms with Crippen molar-refractivity contribution in [1.29, 1.82) is 0 Å². The fourth-order valence-corrected chi connectivity index (χ4v) is 3.18. The Morgan fingerprint density at radius 2 is 2.05 bits per heavy atom. The van der Waals surface area contributed by atoms with Crippen LogP contribution in [0.2, 0.25) is 0 Å². The lowest BCUT2D eigenvalue weighted by atomic mass is 10.1. The Kier molecular flexibility index (Phi) is 3.76. The molecule has 0 saturated carbocycles. The van der Waals surface area contributed by atoms with Gasteiger partial charge in [-0.05, 0) is 43.7 Å². The van der Waals surface area contributed by atoms with Crippen molar-refractivity contribution < 1.29 is 0 Å². The van der Waals surface area contributed by atoms with E-state index < -0.39 is 0 Å². The molecule has 0 unspecified atom stereocenters. The molecule has 0 aliphatic rings. The molecule has 4 heteroatoms. The van der Waals surface area contributed by atoms with Crippen LogP contribution in [-0.4, -0.2) is 16.5 Å². The van der Waals surface area contributed by atoms with E-state index in [-0.39, 0.29) is 0 Å². The maximum Gasteiger partial charge on any atom is 0.171 e. The van der Waals surface area contributed by atoms with Crippen LogP contribution in [0.4, 0.5) is 0 Å². The Morgan fingerprint density at radius 3 is 2.85 bits per heavy atom. The highest BCUT2D eigenvalue weighted by molar-refractivity contribution is 7.99. The van der Waals surface area contributed by atoms with Crippen molar-refractivity contribution in [3.63, 3.8) is 0 Å². The van der Waals surface area contributed by atoms with Gasteiger partial charge in [-0.3, -0.25) is 0 Å². The molecule has 3 N–H and O–H groups in total. The first-order valence-electron chi connectivity index (χ1n) is 6.68. The highest BCUT2D eigenvalue weighted by Crippen LogP contribution is 2.30. The molecule has 2 aromatic carbocycles. The molecule has 20 heavy (non-hydrogen) atoms. The minimum absolute atomic E-state index is 0.664. The number of imidazole rings is 1. The Morgan fingerprint density at radius 1 is 1.20 bits per heavy atom. The van der Waals surface area contributed by atoms with Gasteiger partial charge in [0, 0.05) is 4.90 Å². The number of fused-ring (bicyclic) bond motifs is 1. The number of para-hydroxylation sites is 2. The first-order valence-corrected chi connectivity index (χ1v) is 7.50. The lowest BCUT2D eigenvalue weighted by Crippen LogP contribution is -2.04. The van der Waals surface area contributed by atoms with Crippen LogP contribution in [0.1, 0.15) is 11.1 Å². The van der Waals surface area contributed by atoms with Gasteiger partial charge in [-0.15, -0.1) is 0 Å². The van der Waals surface area contributed by atoms with Crippen LogP contribution in [-0.2, 0) is 6.42 Å². The summed E-state index contributed by atoms with van der Waals surface area (Å²) in [7, 11) is 0. The van der Waals surface area contributed by atoms with E-state index in [0.717, 1.165) is 22.6 Å². The molecular weight excluding hydrogens is 266 g/mol. The van der Waals surface area contributed by atoms with E-state index in [2.05, 4.69) is 35.1 Å². The standard InChI is InChI=1S/C16H17N3S/c1-11-6-7-15(12(10-11)8-9-17)20-16-18-13-4-2-3-5-14(13)19-16/h2-7,10H,8-9,17H2,1H3,(H,18,19). The smallest absolute Gasteiger partial charge is 0.171 e. The fraction of sp³-hybridized carbons (Fsp3) is 0.188. The summed E-state index contributed by atoms with van der Waals surface area (Å²) >= 11 is 1.67. The van der Waals surface area contributed by atoms with Crippen molar-refractivity contribution in [3.8, 4) is 0 Å². The number of aromatic amines is 1. The average Bonchev–Trinajstić information content (AvgIpc) is 2.84. The SMILES string of the molecule is Cc1ccc(Sc2nc3ccccc3[nH]2)c(CCN)c1. The Labute approximate surface area is 122 Å². The number of benzene rings is 2. The van der Waals surface area contributed by atoms with Crippen LogP contribution < -0.4 is 5.73 Å². The molecule has 0 bridgehead atoms. The molecular formula is C16H17N3S. The van der Waals surface area contributed by atoms with Gasteiger partial charge in [0.2, 0.25) is 0 Å². The fourth-order valence-electron chi connectivity index (χ4n) is 2.24. The molecule has 0 saturated heterocycles. The van der Waals surface area contributed by atoms with Crippen molar-refractivity contribution in [2.24, 2.45) is 5.73 Å². The number of hydrogen-bond acceptors (Lipinski definition) is 3. The zero-order chi connectivity index (χ0) is 13.9. The molecule has 0 spiro atoms. The molecule has 0 radical (unpaired) electrons. The van der Waals surface area contributed by atoms with Crippen molar-refractivity contribution >= 4 is 22.8 Å². The van der Waals surface area contributed by atoms with Crippen LogP contribution >= 0.6 is 11.8 Å². The summed E-state index contributed by atoms with van der Waals surface area (Å²) in [6.07, 6.45) is 0.893. The van der Waals surface area contributed by atoms with E-state index in [1.807, 2.05) is 24.3 Å². The largest absolute Gasteiger partial charge is 0.333 e. The van der Waals surface area contributed by atoms with Gasteiger partial charge in [0.05, 0.1) is 11.0 Å². The van der Waals surface area contributed by atoms with Gasteiger partial charge in [-0.2, -0.15) is 0 Å². The predicted molar refractivity (Wildman–Crippen MR) is 84.2 cm³/mol. The third kappa shape index (κ3) is 2.71. The summed E-state index contributed by atoms with van der Waals surface area (Å²) in [5.74, 6) is 0. The molecule has 3 nitrogen and oxygen atoms in total. The minimum Gasteiger partial charge on any atom is -0.333 e. The third-order valence-electron chi connectivity index (χ3n) is 3.20. The normalized spacial score (nSPS) is 11.1. The lowest BCUT2D eigenvalue weighted by Gasteiger charge is -2.07. The number of aromatic nitrogens is 2. The van der Waals surface area contributed by atoms with Crippen LogP contribution in [0.5, 0.6) is 0 Å². The molecule has 0 amide bonds. The van der Waals surface area contributed by atoms with Gasteiger partial charge in [-0.1, -0.05) is 41.6 Å². The monoisotopic (exact) mass is 283 g/mol. The minimum atomic E-state index is 0.664. The summed E-state index contributed by atoms with van der Waals surface area (Å²) < 4.78 is 0. The van der Waals surface area contributed by atoms with Crippen LogP contribution in [0.25, 0.3) is 11.0 Å². The van der Waals surface area contributed by atoms with Crippen molar-refractivity contribution in [3.05, 3.63) is 53.6 Å². The van der Waals surface area contributed by atoms with Crippen LogP contribution in [0.3, 0.4) is 0 Å². The zero-order valence-corrected chi connectivity index (χ0v) is 12.2. The van der Waals surface area contributed by atoms with E-state index in [9.17, 15) is 0 Å². The summed E-state index contributed by atoms with van der Waals surface area (Å²) in [5, 5.41) is 0.924. The van der Waals surface area contributed by atoms with E-state index in [4.69, 9.17) is 5.73 Å². The number of hydrogen-bond donors (Lipinski definition) is 2. The van der Waals surface area contributed by atoms with Crippen LogP contribution in [0, 0.1) is 6.92 Å². The second kappa shape index (κ2) is 5.69. The van der Waals surface area contributed by atoms with Crippen molar-refractivity contribution in [2.75, 3.05) is 6.54 Å². The van der Waals surface area contributed by atoms with E-state index in [1.54, 1.807) is 11.8 Å². The molecule has 1 heterocycles. The van der Waals surface area contributed by atoms with Gasteiger partial charge < -0.3 is 10.7 Å². The molecule has 102 valence electrons. The van der Waals surface area contributed by atoms with Gasteiger partial charge >= 0.3 is 0 Å². The van der Waals surface area contributed by atoms with Crippen molar-refractivity contribution in [1.82, 2.24) is 9.97 Å². The third-order valence-corrected chi connectivity index (χ3v) is 4.21. The lowest BCUT2D eigenvalue weighted by molar-refractivity contribution is 0.939. The van der Waals surface area contributed by atoms with E-state index in [0.29, 0.717) is 6.54 Å². The summed E-state index contributed by atoms with van der Waals surface area (Å²) in [6.45, 7) is 2.77. The second-order valence-electron chi connectivity index (χ2n) is 4.81. The molecule has 0 atom stereocenters. The van der Waals surface area contributed by atoms with E-state index >= 15 is 0 Å². The number of nitrogens with one attached hydrogen (secondary N) is 1. The second-order valence-corrected chi connectivity index (χ2v) is 5.84. The topological polar surface area (TPSA) is 54.7 Å². The van der Waals surface area contributed by atoms with E-state index in [1.165, 1.54) is 16.0 Å². The number of aryl methyl sites for hydroxylation is 1. The van der Waals surface area contributed by atoms with Crippen LogP contribution in [0.15, 0.2) is 52.5 Å². The number of nitrogens with zero attached hydrogens (tertiary/aromatic N) is 1. The summed E-state index contributed by atoms with van der Waals surface area (Å²) in [5.41, 5.74) is 10.3. The quantitative estimate of drug-likeness (QED) is 0.770.